The van der Waals surface area contributed by atoms with Crippen molar-refractivity contribution in [2.75, 3.05) is 6.61 Å². The van der Waals surface area contributed by atoms with E-state index >= 15 is 0 Å². The van der Waals surface area contributed by atoms with Crippen LogP contribution in [0.4, 0.5) is 11.4 Å². The molecule has 0 saturated heterocycles. The molecule has 0 aliphatic heterocycles. The van der Waals surface area contributed by atoms with Gasteiger partial charge in [-0.05, 0) is 19.3 Å². The van der Waals surface area contributed by atoms with E-state index in [-0.39, 0.29) is 6.61 Å². The van der Waals surface area contributed by atoms with Gasteiger partial charge >= 0.3 is 11.4 Å². The Labute approximate surface area is 103 Å². The van der Waals surface area contributed by atoms with Crippen LogP contribution in [0.25, 0.3) is 0 Å². The van der Waals surface area contributed by atoms with Gasteiger partial charge in [0.1, 0.15) is 0 Å². The molecule has 7 heteroatoms. The number of aliphatic hydroxyl groups excluding tert-OH is 1. The summed E-state index contributed by atoms with van der Waals surface area (Å²) in [6.07, 6.45) is 2.42. The number of hydrogen-bond donors (Lipinski definition) is 1. The largest absolute Gasteiger partial charge is 0.396 e. The molecule has 0 atom stereocenters. The Morgan fingerprint density at radius 1 is 1.06 bits per heavy atom. The zero-order chi connectivity index (χ0) is 13.5. The number of hydrogen-bond acceptors (Lipinski definition) is 5. The minimum atomic E-state index is -0.741. The van der Waals surface area contributed by atoms with Crippen molar-refractivity contribution >= 4 is 11.4 Å². The van der Waals surface area contributed by atoms with Crippen LogP contribution in [0.2, 0.25) is 0 Å². The topological polar surface area (TPSA) is 107 Å². The number of nitro groups is 2. The first kappa shape index (κ1) is 14.0. The molecule has 98 valence electrons. The molecule has 0 fully saturated rings. The zero-order valence-corrected chi connectivity index (χ0v) is 9.74. The first-order chi connectivity index (χ1) is 8.57. The van der Waals surface area contributed by atoms with Crippen LogP contribution in [0.15, 0.2) is 18.2 Å². The summed E-state index contributed by atoms with van der Waals surface area (Å²) in [5.41, 5.74) is -0.529. The molecular formula is C11H14N2O5. The molecule has 0 aliphatic carbocycles. The number of benzene rings is 1. The van der Waals surface area contributed by atoms with Gasteiger partial charge in [-0.3, -0.25) is 20.2 Å². The van der Waals surface area contributed by atoms with Crippen molar-refractivity contribution in [3.8, 4) is 0 Å². The molecule has 0 aromatic heterocycles. The van der Waals surface area contributed by atoms with E-state index < -0.39 is 21.2 Å². The van der Waals surface area contributed by atoms with Gasteiger partial charge in [-0.25, -0.2) is 0 Å². The van der Waals surface area contributed by atoms with Crippen molar-refractivity contribution in [2.24, 2.45) is 0 Å². The van der Waals surface area contributed by atoms with Crippen molar-refractivity contribution in [3.63, 3.8) is 0 Å². The van der Waals surface area contributed by atoms with Crippen LogP contribution >= 0.6 is 0 Å². The first-order valence-electron chi connectivity index (χ1n) is 5.59. The van der Waals surface area contributed by atoms with Crippen molar-refractivity contribution in [1.29, 1.82) is 0 Å². The van der Waals surface area contributed by atoms with Gasteiger partial charge in [0.25, 0.3) is 0 Å². The second-order valence-electron chi connectivity index (χ2n) is 3.83. The number of aryl methyl sites for hydroxylation is 1. The van der Waals surface area contributed by atoms with E-state index in [0.29, 0.717) is 24.8 Å². The molecule has 1 rings (SSSR count). The Bertz CT molecular complexity index is 447. The lowest BCUT2D eigenvalue weighted by atomic mass is 10.0. The molecule has 0 spiro atoms. The van der Waals surface area contributed by atoms with E-state index in [1.807, 2.05) is 0 Å². The number of unbranched alkanes of at least 4 members (excludes halogenated alkanes) is 2. The maximum absolute atomic E-state index is 10.9. The summed E-state index contributed by atoms with van der Waals surface area (Å²) in [4.78, 5) is 20.2. The Balaban J connectivity index is 2.93. The van der Waals surface area contributed by atoms with Crippen LogP contribution in [0.3, 0.4) is 0 Å². The summed E-state index contributed by atoms with van der Waals surface area (Å²) in [6, 6.07) is 4.12. The van der Waals surface area contributed by atoms with E-state index in [1.54, 1.807) is 0 Å². The number of rotatable bonds is 7. The Hall–Kier alpha value is -2.02. The predicted octanol–water partition coefficient (Wildman–Crippen LogP) is 2.21. The van der Waals surface area contributed by atoms with Gasteiger partial charge in [-0.1, -0.05) is 18.6 Å². The van der Waals surface area contributed by atoms with Gasteiger partial charge < -0.3 is 5.11 Å². The van der Waals surface area contributed by atoms with Crippen molar-refractivity contribution in [2.45, 2.75) is 25.7 Å². The summed E-state index contributed by atoms with van der Waals surface area (Å²) in [5.74, 6) is 0. The molecule has 1 aromatic carbocycles. The van der Waals surface area contributed by atoms with Crippen LogP contribution in [0, 0.1) is 20.2 Å². The summed E-state index contributed by atoms with van der Waals surface area (Å²) >= 11 is 0. The summed E-state index contributed by atoms with van der Waals surface area (Å²) in [6.45, 7) is 0.0804. The highest BCUT2D eigenvalue weighted by Crippen LogP contribution is 2.31. The summed E-state index contributed by atoms with van der Waals surface area (Å²) < 4.78 is 0. The van der Waals surface area contributed by atoms with Crippen molar-refractivity contribution in [1.82, 2.24) is 0 Å². The molecule has 1 aromatic rings. The molecule has 0 aliphatic rings. The van der Waals surface area contributed by atoms with Gasteiger partial charge in [-0.2, -0.15) is 0 Å². The third-order valence-electron chi connectivity index (χ3n) is 2.58. The average molecular weight is 254 g/mol. The Morgan fingerprint density at radius 3 is 2.33 bits per heavy atom. The molecule has 0 saturated carbocycles. The minimum Gasteiger partial charge on any atom is -0.396 e. The monoisotopic (exact) mass is 254 g/mol. The molecule has 0 heterocycles. The highest BCUT2D eigenvalue weighted by molar-refractivity contribution is 5.57. The molecule has 18 heavy (non-hydrogen) atoms. The number of aliphatic hydroxyl groups is 1. The van der Waals surface area contributed by atoms with Gasteiger partial charge in [0.05, 0.1) is 9.85 Å². The fraction of sp³-hybridized carbons (Fsp3) is 0.455. The SMILES string of the molecule is O=[N+]([O-])c1cccc(CCCCCO)c1[N+](=O)[O-]. The third-order valence-corrected chi connectivity index (χ3v) is 2.58. The lowest BCUT2D eigenvalue weighted by Gasteiger charge is -2.03. The molecule has 0 amide bonds. The second-order valence-corrected chi connectivity index (χ2v) is 3.83. The van der Waals surface area contributed by atoms with Crippen LogP contribution in [-0.2, 0) is 6.42 Å². The minimum absolute atomic E-state index is 0.0804. The van der Waals surface area contributed by atoms with Gasteiger partial charge in [0.15, 0.2) is 0 Å². The quantitative estimate of drug-likeness (QED) is 0.456. The summed E-state index contributed by atoms with van der Waals surface area (Å²) in [5, 5.41) is 30.2. The standard InChI is InChI=1S/C11H14N2O5/c14-8-3-1-2-5-9-6-4-7-10(12(15)16)11(9)13(17)18/h4,6-7,14H,1-3,5,8H2. The van der Waals surface area contributed by atoms with Crippen molar-refractivity contribution in [3.05, 3.63) is 44.0 Å². The molecule has 7 nitrogen and oxygen atoms in total. The van der Waals surface area contributed by atoms with E-state index in [4.69, 9.17) is 5.11 Å². The molecular weight excluding hydrogens is 240 g/mol. The number of para-hydroxylation sites is 1. The van der Waals surface area contributed by atoms with E-state index in [1.165, 1.54) is 12.1 Å². The number of nitro benzene ring substituents is 2. The second kappa shape index (κ2) is 6.65. The highest BCUT2D eigenvalue weighted by atomic mass is 16.6. The van der Waals surface area contributed by atoms with Gasteiger partial charge in [-0.15, -0.1) is 0 Å². The van der Waals surface area contributed by atoms with Crippen molar-refractivity contribution < 1.29 is 15.0 Å². The molecule has 0 unspecified atom stereocenters. The summed E-state index contributed by atoms with van der Waals surface area (Å²) in [7, 11) is 0. The fourth-order valence-corrected chi connectivity index (χ4v) is 1.74. The Morgan fingerprint density at radius 2 is 1.78 bits per heavy atom. The fourth-order valence-electron chi connectivity index (χ4n) is 1.74. The average Bonchev–Trinajstić information content (AvgIpc) is 2.33. The highest BCUT2D eigenvalue weighted by Gasteiger charge is 2.27. The van der Waals surface area contributed by atoms with E-state index in [0.717, 1.165) is 12.5 Å². The van der Waals surface area contributed by atoms with E-state index in [2.05, 4.69) is 0 Å². The van der Waals surface area contributed by atoms with Crippen LogP contribution in [0.5, 0.6) is 0 Å². The van der Waals surface area contributed by atoms with Gasteiger partial charge in [0, 0.05) is 18.2 Å². The van der Waals surface area contributed by atoms with Crippen LogP contribution < -0.4 is 0 Å². The Kier molecular flexibility index (Phi) is 5.19. The smallest absolute Gasteiger partial charge is 0.349 e. The normalized spacial score (nSPS) is 10.3. The lowest BCUT2D eigenvalue weighted by Crippen LogP contribution is -2.01. The maximum atomic E-state index is 10.9. The lowest BCUT2D eigenvalue weighted by molar-refractivity contribution is -0.423. The van der Waals surface area contributed by atoms with E-state index in [9.17, 15) is 20.2 Å². The first-order valence-corrected chi connectivity index (χ1v) is 5.59. The number of nitrogens with zero attached hydrogens (tertiary/aromatic N) is 2. The molecule has 1 N–H and O–H groups in total. The van der Waals surface area contributed by atoms with Crippen LogP contribution in [0.1, 0.15) is 24.8 Å². The predicted molar refractivity (Wildman–Crippen MR) is 64.4 cm³/mol. The van der Waals surface area contributed by atoms with Crippen LogP contribution in [-0.4, -0.2) is 21.6 Å². The van der Waals surface area contributed by atoms with Gasteiger partial charge in [0.2, 0.25) is 0 Å². The zero-order valence-electron chi connectivity index (χ0n) is 9.74. The maximum Gasteiger partial charge on any atom is 0.349 e. The molecule has 0 bridgehead atoms. The molecule has 0 radical (unpaired) electrons. The third kappa shape index (κ3) is 3.49.